The minimum Gasteiger partial charge on any atom is -0.475 e. The summed E-state index contributed by atoms with van der Waals surface area (Å²) in [5, 5.41) is 0. The Kier molecular flexibility index (Phi) is 5.83. The van der Waals surface area contributed by atoms with Gasteiger partial charge in [-0.05, 0) is 18.2 Å². The third kappa shape index (κ3) is 4.27. The SMILES string of the molecule is O=Cc1cc(Br)ccc1O[C@H](C(=O)N1CCOCC1)c1ccccc1. The molecule has 1 atom stereocenters. The van der Waals surface area contributed by atoms with E-state index < -0.39 is 6.10 Å². The number of ether oxygens (including phenoxy) is 2. The van der Waals surface area contributed by atoms with Gasteiger partial charge in [-0.15, -0.1) is 0 Å². The second-order valence-corrected chi connectivity index (χ2v) is 6.56. The fraction of sp³-hybridized carbons (Fsp3) is 0.263. The first-order chi connectivity index (χ1) is 12.2. The number of hydrogen-bond donors (Lipinski definition) is 0. The molecule has 1 aliphatic heterocycles. The van der Waals surface area contributed by atoms with E-state index in [1.54, 1.807) is 23.1 Å². The Hall–Kier alpha value is -2.18. The Bertz CT molecular complexity index is 744. The van der Waals surface area contributed by atoms with Gasteiger partial charge < -0.3 is 14.4 Å². The zero-order chi connectivity index (χ0) is 17.6. The molecule has 1 fully saturated rings. The van der Waals surface area contributed by atoms with Gasteiger partial charge in [0.15, 0.2) is 6.29 Å². The number of aldehydes is 1. The number of hydrogen-bond acceptors (Lipinski definition) is 4. The molecule has 0 radical (unpaired) electrons. The number of morpholine rings is 1. The second kappa shape index (κ2) is 8.27. The van der Waals surface area contributed by atoms with Crippen molar-refractivity contribution >= 4 is 28.1 Å². The van der Waals surface area contributed by atoms with Crippen LogP contribution in [-0.4, -0.2) is 43.4 Å². The molecule has 0 aromatic heterocycles. The molecule has 0 spiro atoms. The van der Waals surface area contributed by atoms with Gasteiger partial charge in [0.25, 0.3) is 5.91 Å². The maximum atomic E-state index is 13.0. The summed E-state index contributed by atoms with van der Waals surface area (Å²) in [6.07, 6.45) is -0.0828. The Labute approximate surface area is 154 Å². The summed E-state index contributed by atoms with van der Waals surface area (Å²) >= 11 is 3.34. The summed E-state index contributed by atoms with van der Waals surface area (Å²) in [4.78, 5) is 26.1. The molecule has 1 aliphatic rings. The minimum absolute atomic E-state index is 0.130. The van der Waals surface area contributed by atoms with Crippen LogP contribution in [0.4, 0.5) is 0 Å². The molecule has 2 aromatic carbocycles. The van der Waals surface area contributed by atoms with Crippen molar-refractivity contribution in [2.24, 2.45) is 0 Å². The van der Waals surface area contributed by atoms with Crippen LogP contribution in [0.15, 0.2) is 53.0 Å². The first-order valence-corrected chi connectivity index (χ1v) is 8.81. The minimum atomic E-state index is -0.806. The monoisotopic (exact) mass is 403 g/mol. The summed E-state index contributed by atoms with van der Waals surface area (Å²) < 4.78 is 12.1. The molecule has 130 valence electrons. The van der Waals surface area contributed by atoms with E-state index in [4.69, 9.17) is 9.47 Å². The van der Waals surface area contributed by atoms with Crippen LogP contribution in [0.1, 0.15) is 22.0 Å². The van der Waals surface area contributed by atoms with Crippen molar-refractivity contribution in [2.75, 3.05) is 26.3 Å². The number of rotatable bonds is 5. The van der Waals surface area contributed by atoms with E-state index in [9.17, 15) is 9.59 Å². The highest BCUT2D eigenvalue weighted by molar-refractivity contribution is 9.10. The maximum Gasteiger partial charge on any atom is 0.268 e. The topological polar surface area (TPSA) is 55.8 Å². The fourth-order valence-electron chi connectivity index (χ4n) is 2.68. The highest BCUT2D eigenvalue weighted by Crippen LogP contribution is 2.28. The van der Waals surface area contributed by atoms with E-state index in [0.29, 0.717) is 37.6 Å². The average Bonchev–Trinajstić information content (AvgIpc) is 2.67. The van der Waals surface area contributed by atoms with Crippen molar-refractivity contribution in [3.63, 3.8) is 0 Å². The summed E-state index contributed by atoms with van der Waals surface area (Å²) in [6, 6.07) is 14.5. The van der Waals surface area contributed by atoms with E-state index in [1.807, 2.05) is 30.3 Å². The Morgan fingerprint density at radius 2 is 1.88 bits per heavy atom. The van der Waals surface area contributed by atoms with Crippen LogP contribution in [-0.2, 0) is 9.53 Å². The molecule has 5 nitrogen and oxygen atoms in total. The van der Waals surface area contributed by atoms with Gasteiger partial charge in [-0.25, -0.2) is 0 Å². The standard InChI is InChI=1S/C19H18BrNO4/c20-16-6-7-17(15(12-16)13-22)25-18(14-4-2-1-3-5-14)19(23)21-8-10-24-11-9-21/h1-7,12-13,18H,8-11H2/t18-/m0/s1. The zero-order valence-corrected chi connectivity index (χ0v) is 15.1. The Morgan fingerprint density at radius 3 is 2.56 bits per heavy atom. The highest BCUT2D eigenvalue weighted by Gasteiger charge is 2.29. The molecule has 2 aromatic rings. The predicted octanol–water partition coefficient (Wildman–Crippen LogP) is 3.24. The first-order valence-electron chi connectivity index (χ1n) is 8.02. The summed E-state index contributed by atoms with van der Waals surface area (Å²) in [5.74, 6) is 0.253. The molecule has 0 N–H and O–H groups in total. The van der Waals surface area contributed by atoms with Crippen molar-refractivity contribution in [3.8, 4) is 5.75 Å². The predicted molar refractivity (Wildman–Crippen MR) is 96.7 cm³/mol. The van der Waals surface area contributed by atoms with Crippen LogP contribution in [0.3, 0.4) is 0 Å². The van der Waals surface area contributed by atoms with Crippen molar-refractivity contribution in [3.05, 3.63) is 64.1 Å². The summed E-state index contributed by atoms with van der Waals surface area (Å²) in [7, 11) is 0. The lowest BCUT2D eigenvalue weighted by Gasteiger charge is -2.31. The van der Waals surface area contributed by atoms with Crippen molar-refractivity contribution < 1.29 is 19.1 Å². The number of halogens is 1. The van der Waals surface area contributed by atoms with Crippen molar-refractivity contribution in [1.82, 2.24) is 4.90 Å². The first kappa shape index (κ1) is 17.6. The van der Waals surface area contributed by atoms with E-state index in [-0.39, 0.29) is 5.91 Å². The van der Waals surface area contributed by atoms with Crippen LogP contribution >= 0.6 is 15.9 Å². The number of carbonyl (C=O) groups excluding carboxylic acids is 2. The van der Waals surface area contributed by atoms with E-state index in [2.05, 4.69) is 15.9 Å². The van der Waals surface area contributed by atoms with Crippen molar-refractivity contribution in [1.29, 1.82) is 0 Å². The van der Waals surface area contributed by atoms with E-state index in [0.717, 1.165) is 16.3 Å². The third-order valence-corrected chi connectivity index (χ3v) is 4.49. The molecule has 25 heavy (non-hydrogen) atoms. The number of carbonyl (C=O) groups is 2. The molecule has 6 heteroatoms. The molecule has 0 bridgehead atoms. The van der Waals surface area contributed by atoms with Crippen LogP contribution in [0.2, 0.25) is 0 Å². The number of nitrogens with zero attached hydrogens (tertiary/aromatic N) is 1. The molecule has 1 heterocycles. The molecule has 0 saturated carbocycles. The molecule has 0 aliphatic carbocycles. The summed E-state index contributed by atoms with van der Waals surface area (Å²) in [5.41, 5.74) is 1.14. The van der Waals surface area contributed by atoms with Crippen LogP contribution in [0.25, 0.3) is 0 Å². The second-order valence-electron chi connectivity index (χ2n) is 5.65. The van der Waals surface area contributed by atoms with Gasteiger partial charge in [0.1, 0.15) is 5.75 Å². The lowest BCUT2D eigenvalue weighted by Crippen LogP contribution is -2.44. The number of amides is 1. The van der Waals surface area contributed by atoms with Gasteiger partial charge in [-0.2, -0.15) is 0 Å². The average molecular weight is 404 g/mol. The molecule has 1 amide bonds. The van der Waals surface area contributed by atoms with Crippen LogP contribution in [0, 0.1) is 0 Å². The normalized spacial score (nSPS) is 15.5. The summed E-state index contributed by atoms with van der Waals surface area (Å²) in [6.45, 7) is 2.11. The molecular formula is C19H18BrNO4. The molecule has 0 unspecified atom stereocenters. The van der Waals surface area contributed by atoms with Gasteiger partial charge in [-0.3, -0.25) is 9.59 Å². The van der Waals surface area contributed by atoms with Crippen LogP contribution in [0.5, 0.6) is 5.75 Å². The quantitative estimate of drug-likeness (QED) is 0.719. The Morgan fingerprint density at radius 1 is 1.16 bits per heavy atom. The third-order valence-electron chi connectivity index (χ3n) is 3.99. The van der Waals surface area contributed by atoms with Gasteiger partial charge in [-0.1, -0.05) is 46.3 Å². The van der Waals surface area contributed by atoms with E-state index in [1.165, 1.54) is 0 Å². The molecular weight excluding hydrogens is 386 g/mol. The van der Waals surface area contributed by atoms with Gasteiger partial charge in [0.2, 0.25) is 6.10 Å². The maximum absolute atomic E-state index is 13.0. The molecule has 3 rings (SSSR count). The van der Waals surface area contributed by atoms with Crippen LogP contribution < -0.4 is 4.74 Å². The fourth-order valence-corrected chi connectivity index (χ4v) is 3.06. The smallest absolute Gasteiger partial charge is 0.268 e. The van der Waals surface area contributed by atoms with Gasteiger partial charge >= 0.3 is 0 Å². The zero-order valence-electron chi connectivity index (χ0n) is 13.6. The molecule has 1 saturated heterocycles. The lowest BCUT2D eigenvalue weighted by molar-refractivity contribution is -0.143. The van der Waals surface area contributed by atoms with Gasteiger partial charge in [0.05, 0.1) is 18.8 Å². The van der Waals surface area contributed by atoms with Gasteiger partial charge in [0, 0.05) is 23.1 Å². The largest absolute Gasteiger partial charge is 0.475 e. The highest BCUT2D eigenvalue weighted by atomic mass is 79.9. The Balaban J connectivity index is 1.91. The number of benzene rings is 2. The lowest BCUT2D eigenvalue weighted by atomic mass is 10.1. The van der Waals surface area contributed by atoms with E-state index >= 15 is 0 Å². The van der Waals surface area contributed by atoms with Crippen molar-refractivity contribution in [2.45, 2.75) is 6.10 Å².